The van der Waals surface area contributed by atoms with E-state index in [1.807, 2.05) is 48.5 Å². The van der Waals surface area contributed by atoms with Crippen molar-refractivity contribution in [1.82, 2.24) is 4.90 Å². The molecule has 1 aliphatic rings. The predicted molar refractivity (Wildman–Crippen MR) is 117 cm³/mol. The Hall–Kier alpha value is -2.75. The van der Waals surface area contributed by atoms with Crippen molar-refractivity contribution in [2.24, 2.45) is 0 Å². The van der Waals surface area contributed by atoms with E-state index in [1.54, 1.807) is 18.1 Å². The smallest absolute Gasteiger partial charge is 0.266 e. The summed E-state index contributed by atoms with van der Waals surface area (Å²) >= 11 is 6.72. The van der Waals surface area contributed by atoms with Gasteiger partial charge in [-0.25, -0.2) is 0 Å². The normalized spacial score (nSPS) is 15.0. The number of methoxy groups -OCH3 is 1. The number of benzene rings is 2. The molecule has 0 bridgehead atoms. The third kappa shape index (κ3) is 4.75. The topological polar surface area (TPSA) is 38.8 Å². The van der Waals surface area contributed by atoms with Crippen LogP contribution < -0.4 is 9.47 Å². The average molecular weight is 410 g/mol. The van der Waals surface area contributed by atoms with Gasteiger partial charge in [-0.1, -0.05) is 66.3 Å². The van der Waals surface area contributed by atoms with Crippen LogP contribution >= 0.6 is 24.0 Å². The molecule has 0 aromatic heterocycles. The van der Waals surface area contributed by atoms with Crippen molar-refractivity contribution in [3.8, 4) is 23.8 Å². The van der Waals surface area contributed by atoms with Crippen molar-refractivity contribution in [2.75, 3.05) is 20.3 Å². The van der Waals surface area contributed by atoms with Gasteiger partial charge in [0.05, 0.1) is 12.0 Å². The molecule has 6 heteroatoms. The summed E-state index contributed by atoms with van der Waals surface area (Å²) in [5.41, 5.74) is 2.00. The number of carbonyl (C=O) groups is 1. The molecule has 142 valence electrons. The van der Waals surface area contributed by atoms with Crippen molar-refractivity contribution in [1.29, 1.82) is 0 Å². The van der Waals surface area contributed by atoms with Crippen molar-refractivity contribution in [3.63, 3.8) is 0 Å². The molecule has 0 radical (unpaired) electrons. The van der Waals surface area contributed by atoms with Crippen LogP contribution in [0.2, 0.25) is 0 Å². The first kappa shape index (κ1) is 20.0. The first-order valence-electron chi connectivity index (χ1n) is 8.66. The lowest BCUT2D eigenvalue weighted by Gasteiger charge is -2.14. The monoisotopic (exact) mass is 409 g/mol. The van der Waals surface area contributed by atoms with Gasteiger partial charge in [-0.15, -0.1) is 6.42 Å². The fourth-order valence-corrected chi connectivity index (χ4v) is 4.05. The summed E-state index contributed by atoms with van der Waals surface area (Å²) in [7, 11) is 1.56. The summed E-state index contributed by atoms with van der Waals surface area (Å²) < 4.78 is 11.4. The van der Waals surface area contributed by atoms with Crippen LogP contribution in [0.1, 0.15) is 11.1 Å². The Kier molecular flexibility index (Phi) is 6.75. The van der Waals surface area contributed by atoms with Crippen LogP contribution in [0.25, 0.3) is 6.08 Å². The van der Waals surface area contributed by atoms with Gasteiger partial charge >= 0.3 is 0 Å². The third-order valence-corrected chi connectivity index (χ3v) is 5.51. The highest BCUT2D eigenvalue weighted by molar-refractivity contribution is 8.26. The highest BCUT2D eigenvalue weighted by Crippen LogP contribution is 2.34. The van der Waals surface area contributed by atoms with E-state index in [-0.39, 0.29) is 12.5 Å². The Morgan fingerprint density at radius 1 is 1.21 bits per heavy atom. The zero-order valence-electron chi connectivity index (χ0n) is 15.4. The molecule has 0 spiro atoms. The third-order valence-electron chi connectivity index (χ3n) is 4.14. The summed E-state index contributed by atoms with van der Waals surface area (Å²) in [5, 5.41) is 0. The van der Waals surface area contributed by atoms with E-state index in [4.69, 9.17) is 28.1 Å². The molecule has 1 fully saturated rings. The van der Waals surface area contributed by atoms with E-state index in [1.165, 1.54) is 17.3 Å². The van der Waals surface area contributed by atoms with E-state index >= 15 is 0 Å². The highest BCUT2D eigenvalue weighted by atomic mass is 32.2. The van der Waals surface area contributed by atoms with Gasteiger partial charge in [0.15, 0.2) is 11.5 Å². The maximum Gasteiger partial charge on any atom is 0.266 e. The van der Waals surface area contributed by atoms with Crippen LogP contribution in [0, 0.1) is 12.3 Å². The SMILES string of the molecule is C#CCOc1ccc(/C=C2/SC(=S)N(CCc3ccccc3)C2=O)cc1OC. The highest BCUT2D eigenvalue weighted by Gasteiger charge is 2.31. The molecule has 2 aromatic rings. The fourth-order valence-electron chi connectivity index (χ4n) is 2.74. The quantitative estimate of drug-likeness (QED) is 0.390. The second kappa shape index (κ2) is 9.45. The number of thioether (sulfide) groups is 1. The molecule has 4 nitrogen and oxygen atoms in total. The molecule has 28 heavy (non-hydrogen) atoms. The molecule has 1 saturated heterocycles. The molecule has 0 aliphatic carbocycles. The number of terminal acetylenes is 1. The van der Waals surface area contributed by atoms with Crippen LogP contribution in [0.3, 0.4) is 0 Å². The Morgan fingerprint density at radius 3 is 2.71 bits per heavy atom. The van der Waals surface area contributed by atoms with Gasteiger partial charge in [-0.2, -0.15) is 0 Å². The Labute approximate surface area is 174 Å². The number of hydrogen-bond acceptors (Lipinski definition) is 5. The predicted octanol–water partition coefficient (Wildman–Crippen LogP) is 4.15. The minimum absolute atomic E-state index is 0.0717. The minimum Gasteiger partial charge on any atom is -0.493 e. The largest absolute Gasteiger partial charge is 0.493 e. The second-order valence-corrected chi connectivity index (χ2v) is 7.65. The average Bonchev–Trinajstić information content (AvgIpc) is 2.98. The van der Waals surface area contributed by atoms with Crippen LogP contribution in [-0.2, 0) is 11.2 Å². The second-order valence-electron chi connectivity index (χ2n) is 5.97. The van der Waals surface area contributed by atoms with Gasteiger partial charge in [0.1, 0.15) is 10.9 Å². The standard InChI is InChI=1S/C22H19NO3S2/c1-3-13-26-18-10-9-17(14-19(18)25-2)15-20-21(24)23(22(27)28-20)12-11-16-7-5-4-6-8-16/h1,4-10,14-15H,11-13H2,2H3/b20-15+. The molecule has 2 aromatic carbocycles. The van der Waals surface area contributed by atoms with E-state index in [2.05, 4.69) is 5.92 Å². The first-order valence-corrected chi connectivity index (χ1v) is 9.88. The lowest BCUT2D eigenvalue weighted by atomic mass is 10.1. The molecule has 1 amide bonds. The molecule has 0 atom stereocenters. The van der Waals surface area contributed by atoms with Gasteiger partial charge < -0.3 is 9.47 Å². The molecular formula is C22H19NO3S2. The maximum absolute atomic E-state index is 12.8. The molecule has 1 heterocycles. The zero-order valence-corrected chi connectivity index (χ0v) is 17.0. The first-order chi connectivity index (χ1) is 13.6. The number of ether oxygens (including phenoxy) is 2. The summed E-state index contributed by atoms with van der Waals surface area (Å²) in [4.78, 5) is 15.0. The molecule has 0 unspecified atom stereocenters. The lowest BCUT2D eigenvalue weighted by Crippen LogP contribution is -2.30. The van der Waals surface area contributed by atoms with Crippen LogP contribution in [0.5, 0.6) is 11.5 Å². The number of nitrogens with zero attached hydrogens (tertiary/aromatic N) is 1. The Balaban J connectivity index is 1.73. The van der Waals surface area contributed by atoms with Crippen molar-refractivity contribution in [3.05, 3.63) is 64.6 Å². The fraction of sp³-hybridized carbons (Fsp3) is 0.182. The van der Waals surface area contributed by atoms with Gasteiger partial charge in [0, 0.05) is 6.54 Å². The van der Waals surface area contributed by atoms with Gasteiger partial charge in [0.25, 0.3) is 5.91 Å². The van der Waals surface area contributed by atoms with Gasteiger partial charge in [0.2, 0.25) is 0 Å². The number of rotatable bonds is 7. The Morgan fingerprint density at radius 2 is 2.00 bits per heavy atom. The summed E-state index contributed by atoms with van der Waals surface area (Å²) in [6, 6.07) is 15.5. The minimum atomic E-state index is -0.0717. The van der Waals surface area contributed by atoms with Crippen LogP contribution in [-0.4, -0.2) is 35.4 Å². The maximum atomic E-state index is 12.8. The van der Waals surface area contributed by atoms with E-state index < -0.39 is 0 Å². The van der Waals surface area contributed by atoms with Gasteiger partial charge in [-0.3, -0.25) is 9.69 Å². The number of amides is 1. The Bertz CT molecular complexity index is 948. The van der Waals surface area contributed by atoms with E-state index in [0.717, 1.165) is 12.0 Å². The number of hydrogen-bond donors (Lipinski definition) is 0. The van der Waals surface area contributed by atoms with Crippen molar-refractivity contribution in [2.45, 2.75) is 6.42 Å². The molecular weight excluding hydrogens is 390 g/mol. The van der Waals surface area contributed by atoms with Gasteiger partial charge in [-0.05, 0) is 35.8 Å². The number of thiocarbonyl (C=S) groups is 1. The molecule has 3 rings (SSSR count). The van der Waals surface area contributed by atoms with Crippen molar-refractivity contribution >= 4 is 40.3 Å². The number of carbonyl (C=O) groups excluding carboxylic acids is 1. The van der Waals surface area contributed by atoms with Crippen LogP contribution in [0.4, 0.5) is 0 Å². The lowest BCUT2D eigenvalue weighted by molar-refractivity contribution is -0.122. The summed E-state index contributed by atoms with van der Waals surface area (Å²) in [6.45, 7) is 0.726. The zero-order chi connectivity index (χ0) is 19.9. The summed E-state index contributed by atoms with van der Waals surface area (Å²) in [5.74, 6) is 3.47. The van der Waals surface area contributed by atoms with E-state index in [0.29, 0.717) is 27.3 Å². The molecule has 0 N–H and O–H groups in total. The van der Waals surface area contributed by atoms with Crippen LogP contribution in [0.15, 0.2) is 53.4 Å². The molecule has 0 saturated carbocycles. The van der Waals surface area contributed by atoms with E-state index in [9.17, 15) is 4.79 Å². The molecule has 1 aliphatic heterocycles. The summed E-state index contributed by atoms with van der Waals surface area (Å²) in [6.07, 6.45) is 7.80. The van der Waals surface area contributed by atoms with Crippen molar-refractivity contribution < 1.29 is 14.3 Å².